The summed E-state index contributed by atoms with van der Waals surface area (Å²) in [4.78, 5) is 9.16. The maximum absolute atomic E-state index is 10.9. The van der Waals surface area contributed by atoms with E-state index in [1.54, 1.807) is 24.1 Å². The number of fused-ring (bicyclic) bond motifs is 1. The molecule has 9 heteroatoms. The van der Waals surface area contributed by atoms with Crippen molar-refractivity contribution in [2.24, 2.45) is 0 Å². The highest BCUT2D eigenvalue weighted by Crippen LogP contribution is 2.35. The molecule has 5 heterocycles. The number of hydrogen-bond acceptors (Lipinski definition) is 7. The number of pyridine rings is 2. The molecule has 5 rings (SSSR count). The van der Waals surface area contributed by atoms with Crippen molar-refractivity contribution in [3.05, 3.63) is 42.4 Å². The van der Waals surface area contributed by atoms with E-state index >= 15 is 0 Å². The molecule has 0 saturated carbocycles. The molecule has 166 valence electrons. The van der Waals surface area contributed by atoms with Crippen LogP contribution in [0.25, 0.3) is 28.0 Å². The fourth-order valence-corrected chi connectivity index (χ4v) is 3.78. The zero-order chi connectivity index (χ0) is 22.2. The van der Waals surface area contributed by atoms with Gasteiger partial charge in [0, 0.05) is 30.2 Å². The van der Waals surface area contributed by atoms with Gasteiger partial charge in [0.2, 0.25) is 5.88 Å². The van der Waals surface area contributed by atoms with Crippen LogP contribution in [0.2, 0.25) is 0 Å². The molecule has 0 amide bonds. The first-order valence-corrected chi connectivity index (χ1v) is 10.6. The Bertz CT molecular complexity index is 1280. The maximum Gasteiger partial charge on any atom is 0.256 e. The summed E-state index contributed by atoms with van der Waals surface area (Å²) < 4.78 is 19.9. The lowest BCUT2D eigenvalue weighted by molar-refractivity contribution is -0.0286. The zero-order valence-corrected chi connectivity index (χ0v) is 18.3. The molecule has 0 spiro atoms. The highest BCUT2D eigenvalue weighted by molar-refractivity contribution is 5.90. The van der Waals surface area contributed by atoms with Gasteiger partial charge in [0.1, 0.15) is 0 Å². The Morgan fingerprint density at radius 2 is 2.12 bits per heavy atom. The van der Waals surface area contributed by atoms with Gasteiger partial charge in [0.25, 0.3) is 5.88 Å². The standard InChI is InChI=1S/C23H25N5O4/c1-4-7-32-19-9-15(10-24-22(19)30-3)17-8-14(2)21-18(25-17)11-27(23(21)29)20-5-6-28(26-20)16-12-31-13-16/h5-6,8-11,16,29H,4,7,12-13H2,1-3H3. The molecule has 0 unspecified atom stereocenters. The van der Waals surface area contributed by atoms with Crippen molar-refractivity contribution in [2.75, 3.05) is 26.9 Å². The highest BCUT2D eigenvalue weighted by Gasteiger charge is 2.22. The van der Waals surface area contributed by atoms with Crippen LogP contribution in [0.3, 0.4) is 0 Å². The summed E-state index contributed by atoms with van der Waals surface area (Å²) in [5.41, 5.74) is 3.12. The predicted molar refractivity (Wildman–Crippen MR) is 119 cm³/mol. The molecule has 0 radical (unpaired) electrons. The smallest absolute Gasteiger partial charge is 0.256 e. The van der Waals surface area contributed by atoms with Crippen LogP contribution < -0.4 is 9.47 Å². The van der Waals surface area contributed by atoms with Crippen molar-refractivity contribution >= 4 is 10.9 Å². The van der Waals surface area contributed by atoms with Crippen LogP contribution in [0.1, 0.15) is 24.9 Å². The Morgan fingerprint density at radius 3 is 2.84 bits per heavy atom. The van der Waals surface area contributed by atoms with Gasteiger partial charge >= 0.3 is 0 Å². The molecule has 4 aromatic heterocycles. The average Bonchev–Trinajstić information content (AvgIpc) is 3.35. The van der Waals surface area contributed by atoms with Crippen molar-refractivity contribution < 1.29 is 19.3 Å². The van der Waals surface area contributed by atoms with Gasteiger partial charge in [-0.15, -0.1) is 0 Å². The minimum absolute atomic E-state index is 0.117. The molecule has 1 fully saturated rings. The quantitative estimate of drug-likeness (QED) is 0.473. The predicted octanol–water partition coefficient (Wildman–Crippen LogP) is 3.67. The number of nitrogens with zero attached hydrogens (tertiary/aromatic N) is 5. The van der Waals surface area contributed by atoms with E-state index in [0.717, 1.165) is 23.2 Å². The van der Waals surface area contributed by atoms with E-state index in [0.29, 0.717) is 48.2 Å². The molecular formula is C23H25N5O4. The minimum atomic E-state index is 0.117. The van der Waals surface area contributed by atoms with Gasteiger partial charge in [-0.05, 0) is 31.0 Å². The Labute approximate surface area is 185 Å². The molecule has 4 aromatic rings. The van der Waals surface area contributed by atoms with Crippen molar-refractivity contribution in [3.8, 4) is 34.6 Å². The average molecular weight is 435 g/mol. The summed E-state index contributed by atoms with van der Waals surface area (Å²) in [7, 11) is 1.57. The van der Waals surface area contributed by atoms with Gasteiger partial charge in [-0.1, -0.05) is 6.92 Å². The summed E-state index contributed by atoms with van der Waals surface area (Å²) in [6.07, 6.45) is 6.30. The van der Waals surface area contributed by atoms with Crippen LogP contribution in [0.5, 0.6) is 17.5 Å². The summed E-state index contributed by atoms with van der Waals surface area (Å²) >= 11 is 0. The van der Waals surface area contributed by atoms with Gasteiger partial charge in [-0.2, -0.15) is 5.10 Å². The van der Waals surface area contributed by atoms with Crippen LogP contribution in [0, 0.1) is 6.92 Å². The van der Waals surface area contributed by atoms with Gasteiger partial charge in [0.05, 0.1) is 49.6 Å². The summed E-state index contributed by atoms with van der Waals surface area (Å²) in [6.45, 7) is 5.88. The van der Waals surface area contributed by atoms with E-state index in [9.17, 15) is 5.11 Å². The monoisotopic (exact) mass is 435 g/mol. The van der Waals surface area contributed by atoms with Crippen LogP contribution in [-0.2, 0) is 4.74 Å². The number of aromatic hydroxyl groups is 1. The molecule has 1 saturated heterocycles. The fourth-order valence-electron chi connectivity index (χ4n) is 3.78. The lowest BCUT2D eigenvalue weighted by atomic mass is 10.1. The largest absolute Gasteiger partial charge is 0.494 e. The van der Waals surface area contributed by atoms with E-state index in [-0.39, 0.29) is 11.9 Å². The lowest BCUT2D eigenvalue weighted by Gasteiger charge is -2.25. The number of ether oxygens (including phenoxy) is 3. The van der Waals surface area contributed by atoms with Gasteiger partial charge in [-0.3, -0.25) is 9.25 Å². The van der Waals surface area contributed by atoms with E-state index in [4.69, 9.17) is 19.2 Å². The normalized spacial score (nSPS) is 14.0. The minimum Gasteiger partial charge on any atom is -0.494 e. The molecular weight excluding hydrogens is 410 g/mol. The number of hydrogen-bond donors (Lipinski definition) is 1. The molecule has 0 atom stereocenters. The number of aromatic nitrogens is 5. The second-order valence-electron chi connectivity index (χ2n) is 7.83. The summed E-state index contributed by atoms with van der Waals surface area (Å²) in [5, 5.41) is 16.2. The van der Waals surface area contributed by atoms with E-state index in [2.05, 4.69) is 10.1 Å². The zero-order valence-electron chi connectivity index (χ0n) is 18.3. The molecule has 0 aliphatic carbocycles. The third-order valence-electron chi connectivity index (χ3n) is 5.55. The molecule has 1 aliphatic heterocycles. The number of aryl methyl sites for hydroxylation is 1. The topological polar surface area (TPSA) is 96.5 Å². The Hall–Kier alpha value is -3.59. The first-order valence-electron chi connectivity index (χ1n) is 10.6. The van der Waals surface area contributed by atoms with Crippen LogP contribution in [-0.4, -0.2) is 56.4 Å². The van der Waals surface area contributed by atoms with E-state index in [1.165, 1.54) is 0 Å². The van der Waals surface area contributed by atoms with Crippen molar-refractivity contribution in [1.29, 1.82) is 0 Å². The van der Waals surface area contributed by atoms with Crippen LogP contribution >= 0.6 is 0 Å². The maximum atomic E-state index is 10.9. The molecule has 9 nitrogen and oxygen atoms in total. The fraction of sp³-hybridized carbons (Fsp3) is 0.348. The summed E-state index contributed by atoms with van der Waals surface area (Å²) in [6, 6.07) is 5.93. The second kappa shape index (κ2) is 8.16. The SMILES string of the molecule is CCCOc1cc(-c2cc(C)c3c(O)n(-c4ccn(C5COC5)n4)cc3n2)cnc1OC. The van der Waals surface area contributed by atoms with Crippen LogP contribution in [0.4, 0.5) is 0 Å². The molecule has 0 aromatic carbocycles. The van der Waals surface area contributed by atoms with Crippen molar-refractivity contribution in [3.63, 3.8) is 0 Å². The highest BCUT2D eigenvalue weighted by atomic mass is 16.5. The van der Waals surface area contributed by atoms with E-state index < -0.39 is 0 Å². The second-order valence-corrected chi connectivity index (χ2v) is 7.83. The summed E-state index contributed by atoms with van der Waals surface area (Å²) in [5.74, 6) is 1.77. The number of methoxy groups -OCH3 is 1. The Kier molecular flexibility index (Phi) is 5.18. The van der Waals surface area contributed by atoms with Crippen molar-refractivity contribution in [1.82, 2.24) is 24.3 Å². The van der Waals surface area contributed by atoms with Gasteiger partial charge in [-0.25, -0.2) is 9.97 Å². The van der Waals surface area contributed by atoms with E-state index in [1.807, 2.05) is 42.9 Å². The number of rotatable bonds is 7. The van der Waals surface area contributed by atoms with Gasteiger partial charge < -0.3 is 19.3 Å². The molecule has 1 aliphatic rings. The molecule has 0 bridgehead atoms. The molecule has 1 N–H and O–H groups in total. The third kappa shape index (κ3) is 3.44. The van der Waals surface area contributed by atoms with Crippen LogP contribution in [0.15, 0.2) is 36.8 Å². The lowest BCUT2D eigenvalue weighted by Crippen LogP contribution is -2.31. The Balaban J connectivity index is 1.54. The molecule has 32 heavy (non-hydrogen) atoms. The Morgan fingerprint density at radius 1 is 1.28 bits per heavy atom. The first-order chi connectivity index (χ1) is 15.6. The van der Waals surface area contributed by atoms with Crippen molar-refractivity contribution in [2.45, 2.75) is 26.3 Å². The van der Waals surface area contributed by atoms with Gasteiger partial charge in [0.15, 0.2) is 11.6 Å². The third-order valence-corrected chi connectivity index (χ3v) is 5.55. The first kappa shape index (κ1) is 20.3.